The van der Waals surface area contributed by atoms with Gasteiger partial charge >= 0.3 is 6.03 Å². The maximum absolute atomic E-state index is 12.5. The third kappa shape index (κ3) is 3.99. The smallest absolute Gasteiger partial charge is 0.322 e. The molecule has 3 rings (SSSR count). The zero-order valence-electron chi connectivity index (χ0n) is 13.7. The van der Waals surface area contributed by atoms with E-state index in [0.29, 0.717) is 31.9 Å². The fourth-order valence-corrected chi connectivity index (χ4v) is 2.62. The van der Waals surface area contributed by atoms with E-state index in [1.807, 2.05) is 18.3 Å². The van der Waals surface area contributed by atoms with Crippen LogP contribution in [0.3, 0.4) is 0 Å². The lowest BCUT2D eigenvalue weighted by Gasteiger charge is -2.27. The largest absolute Gasteiger partial charge is 0.383 e. The Bertz CT molecular complexity index is 711. The van der Waals surface area contributed by atoms with E-state index in [4.69, 9.17) is 4.74 Å². The number of hydrogen-bond donors (Lipinski definition) is 1. The van der Waals surface area contributed by atoms with Gasteiger partial charge in [-0.1, -0.05) is 12.1 Å². The average molecular weight is 327 g/mol. The molecule has 2 amide bonds. The van der Waals surface area contributed by atoms with Crippen molar-refractivity contribution in [1.82, 2.24) is 19.7 Å². The molecule has 0 saturated heterocycles. The number of methoxy groups -OCH3 is 1. The summed E-state index contributed by atoms with van der Waals surface area (Å²) >= 11 is 0. The van der Waals surface area contributed by atoms with Gasteiger partial charge in [0.05, 0.1) is 25.0 Å². The second kappa shape index (κ2) is 7.74. The van der Waals surface area contributed by atoms with Crippen LogP contribution in [0.2, 0.25) is 0 Å². The lowest BCUT2D eigenvalue weighted by molar-refractivity contribution is 0.183. The highest BCUT2D eigenvalue weighted by atomic mass is 16.5. The van der Waals surface area contributed by atoms with Gasteiger partial charge in [-0.2, -0.15) is 5.10 Å². The van der Waals surface area contributed by atoms with E-state index in [-0.39, 0.29) is 6.03 Å². The van der Waals surface area contributed by atoms with Crippen LogP contribution in [0.1, 0.15) is 12.0 Å². The van der Waals surface area contributed by atoms with E-state index in [1.165, 1.54) is 0 Å². The minimum absolute atomic E-state index is 0.115. The average Bonchev–Trinajstić information content (AvgIpc) is 3.08. The maximum Gasteiger partial charge on any atom is 0.322 e. The number of carbonyl (C=O) groups excluding carboxylic acids is 1. The number of amides is 2. The van der Waals surface area contributed by atoms with Gasteiger partial charge in [-0.15, -0.1) is 0 Å². The van der Waals surface area contributed by atoms with Crippen molar-refractivity contribution in [2.75, 3.05) is 32.1 Å². The number of rotatable bonds is 5. The third-order valence-corrected chi connectivity index (χ3v) is 3.88. The van der Waals surface area contributed by atoms with E-state index in [0.717, 1.165) is 17.6 Å². The molecular formula is C17H21N5O2. The van der Waals surface area contributed by atoms with Gasteiger partial charge in [0.15, 0.2) is 0 Å². The van der Waals surface area contributed by atoms with Crippen molar-refractivity contribution >= 4 is 17.3 Å². The number of ether oxygens (including phenoxy) is 1. The first kappa shape index (κ1) is 16.2. The van der Waals surface area contributed by atoms with Gasteiger partial charge in [0, 0.05) is 38.8 Å². The van der Waals surface area contributed by atoms with Crippen molar-refractivity contribution < 1.29 is 9.53 Å². The molecule has 0 aliphatic carbocycles. The molecule has 126 valence electrons. The van der Waals surface area contributed by atoms with E-state index in [2.05, 4.69) is 21.5 Å². The van der Waals surface area contributed by atoms with Crippen molar-refractivity contribution in [1.29, 1.82) is 0 Å². The van der Waals surface area contributed by atoms with Crippen LogP contribution < -0.4 is 5.32 Å². The summed E-state index contributed by atoms with van der Waals surface area (Å²) in [7, 11) is 1.65. The van der Waals surface area contributed by atoms with Crippen molar-refractivity contribution in [2.45, 2.75) is 13.0 Å². The number of anilines is 1. The topological polar surface area (TPSA) is 72.3 Å². The summed E-state index contributed by atoms with van der Waals surface area (Å²) in [4.78, 5) is 18.4. The van der Waals surface area contributed by atoms with Gasteiger partial charge in [0.25, 0.3) is 0 Å². The summed E-state index contributed by atoms with van der Waals surface area (Å²) in [6.07, 6.45) is 10.0. The molecular weight excluding hydrogens is 306 g/mol. The van der Waals surface area contributed by atoms with Crippen LogP contribution in [-0.4, -0.2) is 52.5 Å². The lowest BCUT2D eigenvalue weighted by Crippen LogP contribution is -2.38. The number of pyridine rings is 1. The van der Waals surface area contributed by atoms with Crippen LogP contribution in [0.5, 0.6) is 0 Å². The molecule has 0 saturated carbocycles. The number of nitrogens with zero attached hydrogens (tertiary/aromatic N) is 4. The van der Waals surface area contributed by atoms with Crippen molar-refractivity contribution in [3.05, 3.63) is 48.6 Å². The molecule has 3 heterocycles. The summed E-state index contributed by atoms with van der Waals surface area (Å²) in [5.41, 5.74) is 2.87. The zero-order valence-corrected chi connectivity index (χ0v) is 13.7. The Balaban J connectivity index is 1.59. The van der Waals surface area contributed by atoms with Gasteiger partial charge < -0.3 is 15.0 Å². The van der Waals surface area contributed by atoms with Crippen LogP contribution in [-0.2, 0) is 11.3 Å². The fourth-order valence-electron chi connectivity index (χ4n) is 2.62. The Morgan fingerprint density at radius 2 is 2.33 bits per heavy atom. The van der Waals surface area contributed by atoms with Gasteiger partial charge in [0.2, 0.25) is 0 Å². The Morgan fingerprint density at radius 3 is 3.12 bits per heavy atom. The second-order valence-electron chi connectivity index (χ2n) is 5.60. The van der Waals surface area contributed by atoms with Crippen LogP contribution in [0.25, 0.3) is 5.57 Å². The highest BCUT2D eigenvalue weighted by Gasteiger charge is 2.19. The predicted octanol–water partition coefficient (Wildman–Crippen LogP) is 2.25. The molecule has 0 atom stereocenters. The third-order valence-electron chi connectivity index (χ3n) is 3.88. The molecule has 2 aromatic heterocycles. The molecule has 0 radical (unpaired) electrons. The molecule has 1 aliphatic heterocycles. The fraction of sp³-hybridized carbons (Fsp3) is 0.353. The molecule has 2 aromatic rings. The Hall–Kier alpha value is -2.67. The van der Waals surface area contributed by atoms with Crippen LogP contribution in [0.4, 0.5) is 10.5 Å². The lowest BCUT2D eigenvalue weighted by atomic mass is 10.0. The summed E-state index contributed by atoms with van der Waals surface area (Å²) in [6.45, 7) is 2.52. The molecule has 7 heteroatoms. The van der Waals surface area contributed by atoms with Crippen molar-refractivity contribution in [2.24, 2.45) is 0 Å². The molecule has 1 N–H and O–H groups in total. The Morgan fingerprint density at radius 1 is 1.42 bits per heavy atom. The maximum atomic E-state index is 12.5. The minimum atomic E-state index is -0.115. The first-order valence-electron chi connectivity index (χ1n) is 7.93. The van der Waals surface area contributed by atoms with Crippen LogP contribution in [0.15, 0.2) is 43.0 Å². The molecule has 24 heavy (non-hydrogen) atoms. The number of carbonyl (C=O) groups is 1. The summed E-state index contributed by atoms with van der Waals surface area (Å²) in [5.74, 6) is 0. The zero-order chi connectivity index (χ0) is 16.8. The first-order valence-corrected chi connectivity index (χ1v) is 7.93. The summed E-state index contributed by atoms with van der Waals surface area (Å²) in [6, 6.07) is 3.81. The van der Waals surface area contributed by atoms with E-state index in [1.54, 1.807) is 35.3 Å². The van der Waals surface area contributed by atoms with Gasteiger partial charge in [-0.25, -0.2) is 4.79 Å². The predicted molar refractivity (Wildman–Crippen MR) is 91.5 cm³/mol. The summed E-state index contributed by atoms with van der Waals surface area (Å²) in [5, 5.41) is 7.10. The standard InChI is InChI=1S/C17H21N5O2/c1-24-9-8-22-13-16(11-19-22)20-17(23)21-7-3-5-15(12-21)14-4-2-6-18-10-14/h2,4-6,10-11,13H,3,7-9,12H2,1H3,(H,20,23). The number of nitrogens with one attached hydrogen (secondary N) is 1. The highest BCUT2D eigenvalue weighted by molar-refractivity contribution is 5.90. The number of aromatic nitrogens is 3. The normalized spacial score (nSPS) is 14.4. The van der Waals surface area contributed by atoms with Gasteiger partial charge in [0.1, 0.15) is 0 Å². The number of hydrogen-bond acceptors (Lipinski definition) is 4. The number of urea groups is 1. The molecule has 0 unspecified atom stereocenters. The highest BCUT2D eigenvalue weighted by Crippen LogP contribution is 2.20. The van der Waals surface area contributed by atoms with Crippen molar-refractivity contribution in [3.63, 3.8) is 0 Å². The van der Waals surface area contributed by atoms with E-state index >= 15 is 0 Å². The van der Waals surface area contributed by atoms with E-state index < -0.39 is 0 Å². The molecule has 0 spiro atoms. The molecule has 0 fully saturated rings. The van der Waals surface area contributed by atoms with Gasteiger partial charge in [-0.3, -0.25) is 9.67 Å². The first-order chi connectivity index (χ1) is 11.8. The monoisotopic (exact) mass is 327 g/mol. The van der Waals surface area contributed by atoms with Crippen LogP contribution >= 0.6 is 0 Å². The Labute approximate surface area is 140 Å². The quantitative estimate of drug-likeness (QED) is 0.914. The Kier molecular flexibility index (Phi) is 5.22. The molecule has 0 bridgehead atoms. The molecule has 1 aliphatic rings. The molecule has 0 aromatic carbocycles. The van der Waals surface area contributed by atoms with Gasteiger partial charge in [-0.05, 0) is 23.6 Å². The minimum Gasteiger partial charge on any atom is -0.383 e. The molecule has 7 nitrogen and oxygen atoms in total. The second-order valence-corrected chi connectivity index (χ2v) is 5.60. The van der Waals surface area contributed by atoms with E-state index in [9.17, 15) is 4.79 Å². The SMILES string of the molecule is COCCn1cc(NC(=O)N2CCC=C(c3cccnc3)C2)cn1. The summed E-state index contributed by atoms with van der Waals surface area (Å²) < 4.78 is 6.76. The van der Waals surface area contributed by atoms with Crippen molar-refractivity contribution in [3.8, 4) is 0 Å². The van der Waals surface area contributed by atoms with Crippen LogP contribution in [0, 0.1) is 0 Å².